The molecule has 44 heavy (non-hydrogen) atoms. The number of likely N-dealkylation sites (tertiary alicyclic amines) is 1. The number of carbonyl (C=O) groups excluding carboxylic acids is 5. The van der Waals surface area contributed by atoms with E-state index >= 15 is 0 Å². The van der Waals surface area contributed by atoms with Crippen LogP contribution >= 0.6 is 11.6 Å². The Morgan fingerprint density at radius 2 is 1.89 bits per heavy atom. The van der Waals surface area contributed by atoms with Crippen molar-refractivity contribution in [3.63, 3.8) is 0 Å². The van der Waals surface area contributed by atoms with Crippen molar-refractivity contribution < 1.29 is 33.5 Å². The van der Waals surface area contributed by atoms with Crippen LogP contribution in [-0.2, 0) is 28.8 Å². The number of ketones is 1. The third kappa shape index (κ3) is 7.89. The fourth-order valence-electron chi connectivity index (χ4n) is 5.39. The first-order chi connectivity index (χ1) is 20.8. The molecule has 4 atom stereocenters. The molecule has 4 N–H and O–H groups in total. The van der Waals surface area contributed by atoms with E-state index in [2.05, 4.69) is 21.4 Å². The second kappa shape index (κ2) is 13.6. The van der Waals surface area contributed by atoms with Crippen LogP contribution in [0, 0.1) is 5.41 Å². The molecule has 1 saturated heterocycles. The second-order valence-electron chi connectivity index (χ2n) is 12.6. The molecule has 2 aliphatic heterocycles. The number of halogens is 1. The molecule has 1 saturated carbocycles. The number of hydrogen-bond donors (Lipinski definition) is 4. The summed E-state index contributed by atoms with van der Waals surface area (Å²) in [7, 11) is 0. The van der Waals surface area contributed by atoms with Crippen LogP contribution in [0.1, 0.15) is 72.3 Å². The van der Waals surface area contributed by atoms with Crippen molar-refractivity contribution in [2.45, 2.75) is 96.5 Å². The summed E-state index contributed by atoms with van der Waals surface area (Å²) in [5, 5.41) is 8.61. The summed E-state index contributed by atoms with van der Waals surface area (Å²) in [6.07, 6.45) is 3.54. The molecule has 1 aromatic rings. The molecule has 2 fully saturated rings. The van der Waals surface area contributed by atoms with E-state index in [1.807, 2.05) is 19.1 Å². The van der Waals surface area contributed by atoms with Gasteiger partial charge in [0.25, 0.3) is 5.91 Å². The van der Waals surface area contributed by atoms with Gasteiger partial charge in [-0.1, -0.05) is 57.8 Å². The van der Waals surface area contributed by atoms with Crippen LogP contribution in [0.2, 0.25) is 5.02 Å². The molecular weight excluding hydrogens is 590 g/mol. The van der Waals surface area contributed by atoms with E-state index in [0.717, 1.165) is 18.4 Å². The molecule has 3 aliphatic rings. The first-order valence-corrected chi connectivity index (χ1v) is 15.5. The average molecular weight is 632 g/mol. The Labute approximate surface area is 262 Å². The minimum Gasteiger partial charge on any atom is -0.450 e. The zero-order valence-corrected chi connectivity index (χ0v) is 26.6. The first kappa shape index (κ1) is 33.3. The summed E-state index contributed by atoms with van der Waals surface area (Å²) >= 11 is 6.20. The maximum atomic E-state index is 14.2. The molecule has 1 aromatic carbocycles. The van der Waals surface area contributed by atoms with Crippen molar-refractivity contribution in [3.05, 3.63) is 40.9 Å². The standard InChI is InChI=1S/C31H42ClN5O7/c1-6-9-21(24(38)27(40)33-20-12-13-20)34-26(39)23-16-31(15-22(36-44-31)18-10-8-11-19(32)14-18)17-37(23)28(41)25(30(3,4)5)35-29(42)43-7-2/h8,10-11,14-15,20-21,23,25,36H,6-7,9,12-13,16-17H2,1-5H3,(H,33,40)(H,34,39)(H,35,42)/t21-,23-,25+,31+/m0/s1. The number of ether oxygens (including phenoxy) is 1. The Hall–Kier alpha value is -3.64. The molecule has 1 aliphatic carbocycles. The molecule has 1 spiro atoms. The van der Waals surface area contributed by atoms with Gasteiger partial charge < -0.3 is 25.6 Å². The number of carbonyl (C=O) groups is 5. The molecule has 0 aromatic heterocycles. The number of rotatable bonds is 11. The zero-order chi connectivity index (χ0) is 32.2. The van der Waals surface area contributed by atoms with E-state index in [0.29, 0.717) is 17.1 Å². The van der Waals surface area contributed by atoms with E-state index < -0.39 is 58.7 Å². The second-order valence-corrected chi connectivity index (χ2v) is 13.1. The van der Waals surface area contributed by atoms with Gasteiger partial charge in [-0.25, -0.2) is 4.79 Å². The minimum atomic E-state index is -1.10. The van der Waals surface area contributed by atoms with Gasteiger partial charge in [0.2, 0.25) is 17.6 Å². The van der Waals surface area contributed by atoms with Crippen LogP contribution in [0.4, 0.5) is 4.79 Å². The average Bonchev–Trinajstić information content (AvgIpc) is 3.55. The van der Waals surface area contributed by atoms with Crippen molar-refractivity contribution in [3.8, 4) is 0 Å². The molecule has 0 radical (unpaired) electrons. The van der Waals surface area contributed by atoms with Gasteiger partial charge in [-0.3, -0.25) is 29.5 Å². The predicted octanol–water partition coefficient (Wildman–Crippen LogP) is 2.85. The fraction of sp³-hybridized carbons (Fsp3) is 0.581. The van der Waals surface area contributed by atoms with E-state index in [1.165, 1.54) is 4.90 Å². The lowest BCUT2D eigenvalue weighted by molar-refractivity contribution is -0.144. The third-order valence-electron chi connectivity index (χ3n) is 7.84. The zero-order valence-electron chi connectivity index (χ0n) is 25.8. The number of nitrogens with zero attached hydrogens (tertiary/aromatic N) is 1. The number of amides is 4. The van der Waals surface area contributed by atoms with Crippen LogP contribution in [-0.4, -0.2) is 77.4 Å². The summed E-state index contributed by atoms with van der Waals surface area (Å²) in [6, 6.07) is 3.96. The number of nitrogens with one attached hydrogen (secondary N) is 4. The SMILES string of the molecule is CCC[C@H](NC(=O)[C@@H]1C[C@]2(C=C(c3cccc(Cl)c3)NO2)CN1C(=O)[C@@H](NC(=O)OCC)C(C)(C)C)C(=O)C(=O)NC1CC1. The Balaban J connectivity index is 1.64. The molecule has 12 nitrogen and oxygen atoms in total. The van der Waals surface area contributed by atoms with Gasteiger partial charge in [-0.2, -0.15) is 0 Å². The normalized spacial score (nSPS) is 22.5. The summed E-state index contributed by atoms with van der Waals surface area (Å²) in [6.45, 7) is 8.98. The van der Waals surface area contributed by atoms with Crippen LogP contribution in [0.15, 0.2) is 30.3 Å². The van der Waals surface area contributed by atoms with Gasteiger partial charge in [0, 0.05) is 23.0 Å². The van der Waals surface area contributed by atoms with Gasteiger partial charge in [0.15, 0.2) is 0 Å². The predicted molar refractivity (Wildman–Crippen MR) is 163 cm³/mol. The fourth-order valence-corrected chi connectivity index (χ4v) is 5.58. The topological polar surface area (TPSA) is 155 Å². The molecule has 2 heterocycles. The number of hydroxylamine groups is 1. The molecule has 240 valence electrons. The Kier molecular flexibility index (Phi) is 10.2. The highest BCUT2D eigenvalue weighted by Crippen LogP contribution is 2.39. The lowest BCUT2D eigenvalue weighted by Crippen LogP contribution is -2.59. The summed E-state index contributed by atoms with van der Waals surface area (Å²) in [5.41, 5.74) is 2.44. The number of hydrogen-bond acceptors (Lipinski definition) is 8. The number of alkyl carbamates (subject to hydrolysis) is 1. The Morgan fingerprint density at radius 3 is 2.50 bits per heavy atom. The van der Waals surface area contributed by atoms with E-state index in [4.69, 9.17) is 21.2 Å². The third-order valence-corrected chi connectivity index (χ3v) is 8.08. The molecular formula is C31H42ClN5O7. The quantitative estimate of drug-likeness (QED) is 0.272. The number of Topliss-reactive ketones (excluding diaryl/α,β-unsaturated/α-hetero) is 1. The van der Waals surface area contributed by atoms with Crippen LogP contribution in [0.5, 0.6) is 0 Å². The van der Waals surface area contributed by atoms with Crippen molar-refractivity contribution in [2.24, 2.45) is 5.41 Å². The van der Waals surface area contributed by atoms with Gasteiger partial charge in [0.1, 0.15) is 17.7 Å². The number of benzene rings is 1. The van der Waals surface area contributed by atoms with Crippen molar-refractivity contribution in [1.82, 2.24) is 26.3 Å². The highest BCUT2D eigenvalue weighted by atomic mass is 35.5. The highest BCUT2D eigenvalue weighted by molar-refractivity contribution is 6.38. The lowest BCUT2D eigenvalue weighted by atomic mass is 9.85. The summed E-state index contributed by atoms with van der Waals surface area (Å²) < 4.78 is 5.05. The summed E-state index contributed by atoms with van der Waals surface area (Å²) in [4.78, 5) is 73.6. The molecule has 4 amide bonds. The molecule has 0 unspecified atom stereocenters. The van der Waals surface area contributed by atoms with E-state index in [9.17, 15) is 24.0 Å². The van der Waals surface area contributed by atoms with Crippen molar-refractivity contribution in [2.75, 3.05) is 13.2 Å². The van der Waals surface area contributed by atoms with Crippen molar-refractivity contribution >= 4 is 46.9 Å². The maximum absolute atomic E-state index is 14.2. The minimum absolute atomic E-state index is 0.0130. The Bertz CT molecular complexity index is 1320. The molecule has 13 heteroatoms. The summed E-state index contributed by atoms with van der Waals surface area (Å²) in [5.74, 6) is -2.57. The van der Waals surface area contributed by atoms with Gasteiger partial charge in [0.05, 0.1) is 24.9 Å². The van der Waals surface area contributed by atoms with E-state index in [-0.39, 0.29) is 32.0 Å². The largest absolute Gasteiger partial charge is 0.450 e. The smallest absolute Gasteiger partial charge is 0.407 e. The van der Waals surface area contributed by atoms with Crippen LogP contribution < -0.4 is 21.4 Å². The monoisotopic (exact) mass is 631 g/mol. The van der Waals surface area contributed by atoms with Gasteiger partial charge in [-0.05, 0) is 49.8 Å². The Morgan fingerprint density at radius 1 is 1.16 bits per heavy atom. The van der Waals surface area contributed by atoms with E-state index in [1.54, 1.807) is 45.9 Å². The molecule has 0 bridgehead atoms. The lowest BCUT2D eigenvalue weighted by Gasteiger charge is -2.35. The first-order valence-electron chi connectivity index (χ1n) is 15.1. The maximum Gasteiger partial charge on any atom is 0.407 e. The van der Waals surface area contributed by atoms with Crippen LogP contribution in [0.25, 0.3) is 5.70 Å². The van der Waals surface area contributed by atoms with Gasteiger partial charge in [-0.15, -0.1) is 0 Å². The molecule has 4 rings (SSSR count). The highest BCUT2D eigenvalue weighted by Gasteiger charge is 2.54. The van der Waals surface area contributed by atoms with Crippen LogP contribution in [0.3, 0.4) is 0 Å². The van der Waals surface area contributed by atoms with Crippen molar-refractivity contribution in [1.29, 1.82) is 0 Å². The van der Waals surface area contributed by atoms with Gasteiger partial charge >= 0.3 is 6.09 Å².